The first-order valence-corrected chi connectivity index (χ1v) is 11.2. The molecule has 1 amide bonds. The maximum absolute atomic E-state index is 12.9. The summed E-state index contributed by atoms with van der Waals surface area (Å²) < 4.78 is 8.12. The lowest BCUT2D eigenvalue weighted by Gasteiger charge is -2.32. The molecule has 0 aliphatic heterocycles. The topological polar surface area (TPSA) is 103 Å². The third kappa shape index (κ3) is 4.00. The lowest BCUT2D eigenvalue weighted by molar-refractivity contribution is -0.616. The van der Waals surface area contributed by atoms with Crippen molar-refractivity contribution in [3.63, 3.8) is 0 Å². The Bertz CT molecular complexity index is 1260. The van der Waals surface area contributed by atoms with E-state index in [9.17, 15) is 15.1 Å². The summed E-state index contributed by atoms with van der Waals surface area (Å²) in [4.78, 5) is 12.9. The molecule has 0 saturated heterocycles. The number of aromatic nitrogens is 3. The van der Waals surface area contributed by atoms with Crippen molar-refractivity contribution in [3.8, 4) is 18.1 Å². The standard InChI is InChI=1S/C25H26N4O4/c1-3-25(31)11-9-18(10-12-25)28-15-17-13-20(23(33-2)14-19(17)27-28)26-24(30)22-6-4-5-21(29(22)32)16-7-8-16/h1,4-6,13-16,18,31H,7-12H2,2H3,(H,26,30). The van der Waals surface area contributed by atoms with E-state index in [1.165, 1.54) is 13.2 Å². The molecule has 2 aliphatic carbocycles. The van der Waals surface area contributed by atoms with E-state index in [0.717, 1.165) is 41.3 Å². The summed E-state index contributed by atoms with van der Waals surface area (Å²) in [6.45, 7) is 0. The quantitative estimate of drug-likeness (QED) is 0.356. The van der Waals surface area contributed by atoms with Crippen molar-refractivity contribution in [2.24, 2.45) is 0 Å². The Morgan fingerprint density at radius 1 is 1.33 bits per heavy atom. The van der Waals surface area contributed by atoms with Gasteiger partial charge in [-0.2, -0.15) is 9.83 Å². The lowest BCUT2D eigenvalue weighted by atomic mass is 9.83. The SMILES string of the molecule is C#CC1(O)CCC(n2cc3cc(NC(=O)c4cccc(C5CC5)[n+]4[O-])c(OC)cc3n2)CC1. The number of pyridine rings is 1. The van der Waals surface area contributed by atoms with Crippen LogP contribution in [0.4, 0.5) is 5.69 Å². The maximum atomic E-state index is 12.9. The molecule has 1 aromatic carbocycles. The number of rotatable bonds is 5. The Morgan fingerprint density at radius 2 is 2.09 bits per heavy atom. The molecule has 2 N–H and O–H groups in total. The van der Waals surface area contributed by atoms with Crippen molar-refractivity contribution in [1.82, 2.24) is 9.78 Å². The molecule has 2 saturated carbocycles. The van der Waals surface area contributed by atoms with Gasteiger partial charge < -0.3 is 20.4 Å². The van der Waals surface area contributed by atoms with Crippen LogP contribution in [-0.2, 0) is 0 Å². The van der Waals surface area contributed by atoms with Gasteiger partial charge in [0.15, 0.2) is 5.69 Å². The highest BCUT2D eigenvalue weighted by Gasteiger charge is 2.34. The Morgan fingerprint density at radius 3 is 2.76 bits per heavy atom. The number of anilines is 1. The van der Waals surface area contributed by atoms with Gasteiger partial charge in [0.2, 0.25) is 0 Å². The van der Waals surface area contributed by atoms with Crippen LogP contribution >= 0.6 is 0 Å². The average molecular weight is 447 g/mol. The number of benzene rings is 1. The summed E-state index contributed by atoms with van der Waals surface area (Å²) in [7, 11) is 1.52. The van der Waals surface area contributed by atoms with Crippen LogP contribution in [0.15, 0.2) is 36.5 Å². The number of hydrogen-bond acceptors (Lipinski definition) is 5. The van der Waals surface area contributed by atoms with Crippen molar-refractivity contribution in [1.29, 1.82) is 0 Å². The van der Waals surface area contributed by atoms with Crippen LogP contribution in [-0.4, -0.2) is 33.5 Å². The fraction of sp³-hybridized carbons (Fsp3) is 0.400. The molecule has 8 heteroatoms. The number of amides is 1. The van der Waals surface area contributed by atoms with Gasteiger partial charge in [0.1, 0.15) is 11.4 Å². The maximum Gasteiger partial charge on any atom is 0.321 e. The zero-order chi connectivity index (χ0) is 23.2. The third-order valence-electron chi connectivity index (χ3n) is 6.72. The predicted molar refractivity (Wildman–Crippen MR) is 123 cm³/mol. The van der Waals surface area contributed by atoms with Gasteiger partial charge in [-0.25, -0.2) is 0 Å². The molecule has 0 atom stereocenters. The van der Waals surface area contributed by atoms with E-state index < -0.39 is 11.5 Å². The molecule has 0 spiro atoms. The Hall–Kier alpha value is -3.57. The lowest BCUT2D eigenvalue weighted by Crippen LogP contribution is -2.40. The second kappa shape index (κ2) is 8.09. The van der Waals surface area contributed by atoms with E-state index >= 15 is 0 Å². The number of carbonyl (C=O) groups excluding carboxylic acids is 1. The van der Waals surface area contributed by atoms with Gasteiger partial charge in [-0.05, 0) is 50.7 Å². The summed E-state index contributed by atoms with van der Waals surface area (Å²) in [6.07, 6.45) is 11.9. The molecule has 8 nitrogen and oxygen atoms in total. The highest BCUT2D eigenvalue weighted by molar-refractivity contribution is 6.04. The summed E-state index contributed by atoms with van der Waals surface area (Å²) in [5.74, 6) is 2.71. The molecule has 2 aromatic heterocycles. The number of fused-ring (bicyclic) bond motifs is 1. The predicted octanol–water partition coefficient (Wildman–Crippen LogP) is 3.29. The first-order valence-electron chi connectivity index (χ1n) is 11.2. The largest absolute Gasteiger partial charge is 0.618 e. The minimum Gasteiger partial charge on any atom is -0.618 e. The van der Waals surface area contributed by atoms with Crippen LogP contribution < -0.4 is 14.8 Å². The summed E-state index contributed by atoms with van der Waals surface area (Å²) in [5.41, 5.74) is 0.865. The monoisotopic (exact) mass is 446 g/mol. The minimum atomic E-state index is -1.03. The molecule has 3 aromatic rings. The van der Waals surface area contributed by atoms with Gasteiger partial charge in [-0.1, -0.05) is 5.92 Å². The van der Waals surface area contributed by atoms with Crippen LogP contribution in [0.25, 0.3) is 10.9 Å². The van der Waals surface area contributed by atoms with E-state index in [2.05, 4.69) is 16.3 Å². The zero-order valence-corrected chi connectivity index (χ0v) is 18.5. The van der Waals surface area contributed by atoms with Gasteiger partial charge >= 0.3 is 5.91 Å². The Kier molecular flexibility index (Phi) is 5.22. The second-order valence-electron chi connectivity index (χ2n) is 8.99. The van der Waals surface area contributed by atoms with E-state index in [-0.39, 0.29) is 17.7 Å². The van der Waals surface area contributed by atoms with E-state index in [0.29, 0.717) is 30.0 Å². The summed E-state index contributed by atoms with van der Waals surface area (Å²) in [5, 5.41) is 31.3. The number of carbonyl (C=O) groups is 1. The van der Waals surface area contributed by atoms with Crippen molar-refractivity contribution >= 4 is 22.5 Å². The first kappa shape index (κ1) is 21.3. The van der Waals surface area contributed by atoms with Crippen LogP contribution in [0.2, 0.25) is 0 Å². The van der Waals surface area contributed by atoms with Crippen molar-refractivity contribution in [3.05, 3.63) is 53.1 Å². The third-order valence-corrected chi connectivity index (χ3v) is 6.72. The molecule has 2 heterocycles. The second-order valence-corrected chi connectivity index (χ2v) is 8.99. The van der Waals surface area contributed by atoms with Crippen molar-refractivity contribution < 1.29 is 19.4 Å². The van der Waals surface area contributed by atoms with Gasteiger partial charge in [0.25, 0.3) is 5.69 Å². The molecule has 2 fully saturated rings. The van der Waals surface area contributed by atoms with Gasteiger partial charge in [-0.3, -0.25) is 9.48 Å². The first-order chi connectivity index (χ1) is 15.9. The normalized spacial score (nSPS) is 22.6. The fourth-order valence-corrected chi connectivity index (χ4v) is 4.56. The molecule has 170 valence electrons. The molecule has 5 rings (SSSR count). The molecule has 0 bridgehead atoms. The summed E-state index contributed by atoms with van der Waals surface area (Å²) in [6, 6.07) is 8.76. The number of terminal acetylenes is 1. The molecular formula is C25H26N4O4. The van der Waals surface area contributed by atoms with E-state index in [4.69, 9.17) is 11.2 Å². The van der Waals surface area contributed by atoms with Crippen LogP contribution in [0.5, 0.6) is 5.75 Å². The molecule has 2 aliphatic rings. The zero-order valence-electron chi connectivity index (χ0n) is 18.5. The van der Waals surface area contributed by atoms with E-state index in [1.807, 2.05) is 10.9 Å². The number of hydrogen-bond donors (Lipinski definition) is 2. The van der Waals surface area contributed by atoms with Gasteiger partial charge in [0.05, 0.1) is 24.4 Å². The van der Waals surface area contributed by atoms with Gasteiger partial charge in [0, 0.05) is 35.7 Å². The van der Waals surface area contributed by atoms with Crippen LogP contribution in [0, 0.1) is 17.6 Å². The Labute approximate surface area is 191 Å². The smallest absolute Gasteiger partial charge is 0.321 e. The number of nitrogens with zero attached hydrogens (tertiary/aromatic N) is 3. The van der Waals surface area contributed by atoms with E-state index in [1.54, 1.807) is 24.3 Å². The fourth-order valence-electron chi connectivity index (χ4n) is 4.56. The highest BCUT2D eigenvalue weighted by atomic mass is 16.5. The number of methoxy groups -OCH3 is 1. The molecule has 33 heavy (non-hydrogen) atoms. The van der Waals surface area contributed by atoms with Crippen molar-refractivity contribution in [2.75, 3.05) is 12.4 Å². The number of ether oxygens (including phenoxy) is 1. The summed E-state index contributed by atoms with van der Waals surface area (Å²) >= 11 is 0. The van der Waals surface area contributed by atoms with Gasteiger partial charge in [-0.15, -0.1) is 6.42 Å². The highest BCUT2D eigenvalue weighted by Crippen LogP contribution is 2.38. The molecule has 0 unspecified atom stereocenters. The molecular weight excluding hydrogens is 420 g/mol. The minimum absolute atomic E-state index is 0.0560. The average Bonchev–Trinajstić information content (AvgIpc) is 3.58. The van der Waals surface area contributed by atoms with Crippen LogP contribution in [0.3, 0.4) is 0 Å². The molecule has 0 radical (unpaired) electrons. The number of nitrogens with one attached hydrogen (secondary N) is 1. The van der Waals surface area contributed by atoms with Crippen LogP contribution in [0.1, 0.15) is 66.7 Å². The Balaban J connectivity index is 1.40. The number of aliphatic hydroxyl groups is 1. The van der Waals surface area contributed by atoms with Crippen molar-refractivity contribution in [2.45, 2.75) is 56.1 Å².